The quantitative estimate of drug-likeness (QED) is 0.180. The van der Waals surface area contributed by atoms with E-state index < -0.39 is 15.1 Å². The zero-order chi connectivity index (χ0) is 30.7. The number of hydrogen-bond acceptors (Lipinski definition) is 8. The highest BCUT2D eigenvalue weighted by Gasteiger charge is 2.26. The number of H-pyrrole nitrogens is 2. The van der Waals surface area contributed by atoms with Gasteiger partial charge in [0.2, 0.25) is 11.5 Å². The predicted octanol–water partition coefficient (Wildman–Crippen LogP) is 5.31. The van der Waals surface area contributed by atoms with Gasteiger partial charge in [-0.1, -0.05) is 17.1 Å². The van der Waals surface area contributed by atoms with Crippen LogP contribution in [0, 0.1) is 6.92 Å². The zero-order valence-corrected chi connectivity index (χ0v) is 26.4. The number of nitrogens with zero attached hydrogens (tertiary/aromatic N) is 2. The lowest BCUT2D eigenvalue weighted by molar-refractivity contribution is -0.333. The van der Waals surface area contributed by atoms with Gasteiger partial charge in [0, 0.05) is 19.3 Å². The second-order valence-electron chi connectivity index (χ2n) is 11.8. The van der Waals surface area contributed by atoms with E-state index in [0.717, 1.165) is 54.0 Å². The molecule has 4 aromatic rings. The number of aromatic nitrogens is 3. The predicted molar refractivity (Wildman–Crippen MR) is 170 cm³/mol. The minimum absolute atomic E-state index is 0.0344. The molecular formula is C32H43N6O4S+. The number of nitrogens with one attached hydrogen (secondary N) is 4. The van der Waals surface area contributed by atoms with Crippen LogP contribution in [0.15, 0.2) is 53.6 Å². The largest absolute Gasteiger partial charge is 0.488 e. The van der Waals surface area contributed by atoms with Gasteiger partial charge in [-0.15, -0.1) is 0 Å². The number of anilines is 4. The third kappa shape index (κ3) is 6.79. The second kappa shape index (κ2) is 12.9. The molecule has 5 N–H and O–H groups in total. The van der Waals surface area contributed by atoms with E-state index in [4.69, 9.17) is 9.72 Å². The smallest absolute Gasteiger partial charge is 0.351 e. The summed E-state index contributed by atoms with van der Waals surface area (Å²) in [6.07, 6.45) is 3.97. The fourth-order valence-corrected chi connectivity index (χ4v) is 6.92. The summed E-state index contributed by atoms with van der Waals surface area (Å²) in [4.78, 5) is 13.9. The monoisotopic (exact) mass is 607 g/mol. The average molecular weight is 608 g/mol. The highest BCUT2D eigenvalue weighted by Crippen LogP contribution is 2.38. The van der Waals surface area contributed by atoms with Gasteiger partial charge >= 0.3 is 5.95 Å². The van der Waals surface area contributed by atoms with Gasteiger partial charge < -0.3 is 20.1 Å². The van der Waals surface area contributed by atoms with Crippen molar-refractivity contribution in [3.63, 3.8) is 0 Å². The Balaban J connectivity index is 1.50. The fraction of sp³-hybridized carbons (Fsp3) is 0.438. The van der Waals surface area contributed by atoms with Crippen molar-refractivity contribution in [2.45, 2.75) is 69.6 Å². The van der Waals surface area contributed by atoms with Gasteiger partial charge in [0.05, 0.1) is 33.9 Å². The number of aliphatic hydroxyl groups excluding tert-OH is 1. The van der Waals surface area contributed by atoms with Crippen LogP contribution in [-0.4, -0.2) is 66.0 Å². The molecule has 1 atom stereocenters. The van der Waals surface area contributed by atoms with Crippen molar-refractivity contribution >= 4 is 44.0 Å². The number of aromatic amines is 2. The number of rotatable bonds is 11. The summed E-state index contributed by atoms with van der Waals surface area (Å²) < 4.78 is 32.5. The molecule has 230 valence electrons. The third-order valence-electron chi connectivity index (χ3n) is 7.88. The van der Waals surface area contributed by atoms with Gasteiger partial charge in [0.1, 0.15) is 5.69 Å². The third-order valence-corrected chi connectivity index (χ3v) is 10.1. The normalized spacial score (nSPS) is 16.2. The van der Waals surface area contributed by atoms with Gasteiger partial charge in [-0.05, 0) is 101 Å². The number of likely N-dealkylation sites (tertiary alicyclic amines) is 1. The number of β-amino-alcohol motifs (C(OH)–C–C–N with tert-alkyl or cyclic N) is 1. The SMILES string of the molecule is Cc1cc(Nc2nc(Nc3ccccc3S(=O)(=O)C(C)C)c3cc[nH]c3[nH+]2)c(OC(C)C)cc1C1CCCN(CCO)C1. The Labute approximate surface area is 253 Å². The van der Waals surface area contributed by atoms with Crippen LogP contribution >= 0.6 is 0 Å². The summed E-state index contributed by atoms with van der Waals surface area (Å²) in [7, 11) is -3.52. The molecule has 2 aromatic heterocycles. The molecule has 1 unspecified atom stereocenters. The molecule has 0 bridgehead atoms. The Morgan fingerprint density at radius 3 is 2.67 bits per heavy atom. The maximum absolute atomic E-state index is 13.1. The maximum Gasteiger partial charge on any atom is 0.351 e. The summed E-state index contributed by atoms with van der Waals surface area (Å²) in [5.74, 6) is 2.07. The minimum Gasteiger partial charge on any atom is -0.488 e. The fourth-order valence-electron chi connectivity index (χ4n) is 5.72. The van der Waals surface area contributed by atoms with Crippen LogP contribution in [0.5, 0.6) is 5.75 Å². The maximum atomic E-state index is 13.1. The number of benzene rings is 2. The molecule has 0 saturated carbocycles. The Morgan fingerprint density at radius 2 is 1.93 bits per heavy atom. The van der Waals surface area contributed by atoms with Crippen LogP contribution in [0.25, 0.3) is 11.0 Å². The van der Waals surface area contributed by atoms with Gasteiger partial charge in [0.25, 0.3) is 0 Å². The van der Waals surface area contributed by atoms with Gasteiger partial charge in [-0.25, -0.2) is 13.4 Å². The Morgan fingerprint density at radius 1 is 1.14 bits per heavy atom. The van der Waals surface area contributed by atoms with Crippen molar-refractivity contribution in [3.8, 4) is 5.75 Å². The van der Waals surface area contributed by atoms with E-state index in [1.54, 1.807) is 38.1 Å². The van der Waals surface area contributed by atoms with Crippen molar-refractivity contribution in [3.05, 3.63) is 59.8 Å². The van der Waals surface area contributed by atoms with E-state index >= 15 is 0 Å². The lowest BCUT2D eigenvalue weighted by atomic mass is 9.87. The molecule has 3 heterocycles. The first-order chi connectivity index (χ1) is 20.6. The molecule has 5 rings (SSSR count). The molecule has 2 aromatic carbocycles. The summed E-state index contributed by atoms with van der Waals surface area (Å²) in [6, 6.07) is 13.0. The average Bonchev–Trinajstić information content (AvgIpc) is 3.44. The van der Waals surface area contributed by atoms with Crippen LogP contribution in [0.4, 0.5) is 23.1 Å². The van der Waals surface area contributed by atoms with Crippen LogP contribution < -0.4 is 20.4 Å². The number of ether oxygens (including phenoxy) is 1. The highest BCUT2D eigenvalue weighted by atomic mass is 32.2. The highest BCUT2D eigenvalue weighted by molar-refractivity contribution is 7.92. The minimum atomic E-state index is -3.52. The number of aliphatic hydroxyl groups is 1. The number of fused-ring (bicyclic) bond motifs is 1. The van der Waals surface area contributed by atoms with Crippen molar-refractivity contribution < 1.29 is 23.2 Å². The van der Waals surface area contributed by atoms with E-state index in [1.807, 2.05) is 26.1 Å². The first-order valence-corrected chi connectivity index (χ1v) is 16.5. The summed E-state index contributed by atoms with van der Waals surface area (Å²) in [5.41, 5.74) is 4.39. The molecule has 0 amide bonds. The zero-order valence-electron chi connectivity index (χ0n) is 25.6. The Bertz CT molecular complexity index is 1680. The molecule has 1 saturated heterocycles. The summed E-state index contributed by atoms with van der Waals surface area (Å²) >= 11 is 0. The second-order valence-corrected chi connectivity index (χ2v) is 14.2. The molecule has 11 heteroatoms. The van der Waals surface area contributed by atoms with Crippen molar-refractivity contribution in [1.82, 2.24) is 14.9 Å². The molecule has 0 aliphatic carbocycles. The van der Waals surface area contributed by atoms with Gasteiger partial charge in [-0.3, -0.25) is 10.3 Å². The van der Waals surface area contributed by atoms with Crippen molar-refractivity contribution in [1.29, 1.82) is 0 Å². The lowest BCUT2D eigenvalue weighted by Gasteiger charge is -2.33. The Kier molecular flexibility index (Phi) is 9.24. The van der Waals surface area contributed by atoms with Gasteiger partial charge in [-0.2, -0.15) is 0 Å². The first kappa shape index (κ1) is 30.8. The molecule has 10 nitrogen and oxygen atoms in total. The van der Waals surface area contributed by atoms with Crippen LogP contribution in [-0.2, 0) is 9.84 Å². The molecule has 1 fully saturated rings. The van der Waals surface area contributed by atoms with E-state index in [2.05, 4.69) is 44.6 Å². The number of hydrogen-bond donors (Lipinski definition) is 4. The van der Waals surface area contributed by atoms with Crippen LogP contribution in [0.1, 0.15) is 57.6 Å². The molecule has 1 aliphatic heterocycles. The van der Waals surface area contributed by atoms with Crippen molar-refractivity contribution in [2.75, 3.05) is 36.9 Å². The molecular weight excluding hydrogens is 564 g/mol. The summed E-state index contributed by atoms with van der Waals surface area (Å²) in [6.45, 7) is 12.3. The first-order valence-electron chi connectivity index (χ1n) is 15.0. The van der Waals surface area contributed by atoms with Crippen molar-refractivity contribution in [2.24, 2.45) is 0 Å². The number of piperidine rings is 1. The van der Waals surface area contributed by atoms with E-state index in [-0.39, 0.29) is 17.6 Å². The lowest BCUT2D eigenvalue weighted by Crippen LogP contribution is -2.36. The van der Waals surface area contributed by atoms with E-state index in [9.17, 15) is 13.5 Å². The standard InChI is InChI=1S/C32H42N6O4S/c1-20(2)42-28-18-25(23-9-8-14-38(19-23)15-16-39)22(5)17-27(28)35-32-36-30-24(12-13-33-30)31(37-32)34-26-10-6-7-11-29(26)43(40,41)21(3)4/h6-7,10-13,17-18,20-21,23,39H,8-9,14-16,19H2,1-5H3,(H3,33,34,35,36,37)/p+1. The number of sulfone groups is 1. The van der Waals surface area contributed by atoms with Crippen LogP contribution in [0.3, 0.4) is 0 Å². The molecule has 0 radical (unpaired) electrons. The Hall–Kier alpha value is -3.67. The topological polar surface area (TPSA) is 134 Å². The summed E-state index contributed by atoms with van der Waals surface area (Å²) in [5, 5.41) is 16.4. The van der Waals surface area contributed by atoms with Gasteiger partial charge in [0.15, 0.2) is 15.6 Å². The van der Waals surface area contributed by atoms with E-state index in [1.165, 1.54) is 5.56 Å². The molecule has 43 heavy (non-hydrogen) atoms. The van der Waals surface area contributed by atoms with E-state index in [0.29, 0.717) is 29.9 Å². The number of para-hydroxylation sites is 1. The molecule has 0 spiro atoms. The van der Waals surface area contributed by atoms with Crippen LogP contribution in [0.2, 0.25) is 0 Å². The number of aryl methyl sites for hydroxylation is 1. The molecule has 1 aliphatic rings.